The summed E-state index contributed by atoms with van der Waals surface area (Å²) in [5.41, 5.74) is 1.64. The maximum absolute atomic E-state index is 4.04. The van der Waals surface area contributed by atoms with Crippen molar-refractivity contribution < 1.29 is 0 Å². The van der Waals surface area contributed by atoms with Crippen molar-refractivity contribution >= 4 is 5.52 Å². The van der Waals surface area contributed by atoms with Crippen LogP contribution in [0.15, 0.2) is 36.7 Å². The number of hydrogen-bond acceptors (Lipinski definition) is 1. The van der Waals surface area contributed by atoms with E-state index in [9.17, 15) is 0 Å². The van der Waals surface area contributed by atoms with Crippen LogP contribution in [0, 0.1) is 5.41 Å². The molecular formula is C13H22N2. The number of aromatic nitrogens is 2. The van der Waals surface area contributed by atoms with Crippen molar-refractivity contribution in [3.63, 3.8) is 0 Å². The molecule has 2 heteroatoms. The number of nitrogens with zero attached hydrogens (tertiary/aromatic N) is 2. The summed E-state index contributed by atoms with van der Waals surface area (Å²) in [5.74, 6) is 0. The summed E-state index contributed by atoms with van der Waals surface area (Å²) in [6, 6.07) is 7.95. The van der Waals surface area contributed by atoms with Crippen LogP contribution in [0.25, 0.3) is 5.52 Å². The molecule has 2 nitrogen and oxygen atoms in total. The van der Waals surface area contributed by atoms with Gasteiger partial charge in [0.05, 0.1) is 5.52 Å². The molecule has 2 rings (SSSR count). The zero-order valence-electron chi connectivity index (χ0n) is 9.36. The molecular weight excluding hydrogens is 184 g/mol. The van der Waals surface area contributed by atoms with E-state index in [0.29, 0.717) is 5.41 Å². The van der Waals surface area contributed by atoms with Gasteiger partial charge in [-0.05, 0) is 23.6 Å². The van der Waals surface area contributed by atoms with Gasteiger partial charge >= 0.3 is 0 Å². The molecule has 2 heterocycles. The van der Waals surface area contributed by atoms with Crippen LogP contribution < -0.4 is 0 Å². The zero-order valence-corrected chi connectivity index (χ0v) is 9.36. The van der Waals surface area contributed by atoms with Crippen LogP contribution in [0.2, 0.25) is 0 Å². The van der Waals surface area contributed by atoms with Crippen molar-refractivity contribution in [2.75, 3.05) is 0 Å². The van der Waals surface area contributed by atoms with E-state index in [1.807, 2.05) is 35.0 Å². The SMILES string of the molecule is C.CC(C)(C)C.c1ccn2nccc2c1. The van der Waals surface area contributed by atoms with Crippen LogP contribution in [0.3, 0.4) is 0 Å². The molecule has 0 aliphatic rings. The topological polar surface area (TPSA) is 17.3 Å². The Morgan fingerprint density at radius 1 is 1.07 bits per heavy atom. The maximum Gasteiger partial charge on any atom is 0.0661 e. The highest BCUT2D eigenvalue weighted by atomic mass is 15.2. The molecule has 0 saturated carbocycles. The van der Waals surface area contributed by atoms with Crippen LogP contribution in [0.1, 0.15) is 35.1 Å². The molecule has 0 aliphatic carbocycles. The number of hydrogen-bond donors (Lipinski definition) is 0. The fourth-order valence-corrected chi connectivity index (χ4v) is 0.866. The summed E-state index contributed by atoms with van der Waals surface area (Å²) in [7, 11) is 0. The van der Waals surface area contributed by atoms with Crippen LogP contribution in [0.4, 0.5) is 0 Å². The van der Waals surface area contributed by atoms with E-state index >= 15 is 0 Å². The van der Waals surface area contributed by atoms with Gasteiger partial charge in [0.25, 0.3) is 0 Å². The van der Waals surface area contributed by atoms with Gasteiger partial charge in [0, 0.05) is 12.4 Å². The minimum Gasteiger partial charge on any atom is -0.241 e. The van der Waals surface area contributed by atoms with E-state index in [1.54, 1.807) is 6.20 Å². The van der Waals surface area contributed by atoms with E-state index in [0.717, 1.165) is 5.52 Å². The summed E-state index contributed by atoms with van der Waals surface area (Å²) in [6.07, 6.45) is 3.71. The molecule has 0 aliphatic heterocycles. The van der Waals surface area contributed by atoms with Crippen molar-refractivity contribution in [3.8, 4) is 0 Å². The predicted octanol–water partition coefficient (Wildman–Crippen LogP) is 4.02. The van der Waals surface area contributed by atoms with Crippen molar-refractivity contribution in [2.45, 2.75) is 35.1 Å². The molecule has 0 N–H and O–H groups in total. The van der Waals surface area contributed by atoms with Gasteiger partial charge in [-0.1, -0.05) is 41.2 Å². The lowest BCUT2D eigenvalue weighted by Crippen LogP contribution is -1.93. The van der Waals surface area contributed by atoms with E-state index in [-0.39, 0.29) is 7.43 Å². The van der Waals surface area contributed by atoms with Gasteiger partial charge in [-0.3, -0.25) is 0 Å². The van der Waals surface area contributed by atoms with Crippen LogP contribution in [0.5, 0.6) is 0 Å². The number of fused-ring (bicyclic) bond motifs is 1. The van der Waals surface area contributed by atoms with Gasteiger partial charge in [0.2, 0.25) is 0 Å². The molecule has 0 fully saturated rings. The minimum absolute atomic E-state index is 0. The first-order valence-corrected chi connectivity index (χ1v) is 4.85. The summed E-state index contributed by atoms with van der Waals surface area (Å²) >= 11 is 0. The third-order valence-corrected chi connectivity index (χ3v) is 1.31. The Kier molecular flexibility index (Phi) is 5.06. The van der Waals surface area contributed by atoms with Crippen molar-refractivity contribution in [3.05, 3.63) is 36.7 Å². The van der Waals surface area contributed by atoms with Gasteiger partial charge in [0.15, 0.2) is 0 Å². The molecule has 0 saturated heterocycles. The second-order valence-electron chi connectivity index (χ2n) is 4.90. The van der Waals surface area contributed by atoms with Gasteiger partial charge in [0.1, 0.15) is 0 Å². The fraction of sp³-hybridized carbons (Fsp3) is 0.462. The normalized spacial score (nSPS) is 10.1. The Hall–Kier alpha value is -1.31. The molecule has 0 radical (unpaired) electrons. The predicted molar refractivity (Wildman–Crippen MR) is 67.1 cm³/mol. The Bertz CT molecular complexity index is 346. The molecule has 2 aromatic heterocycles. The third kappa shape index (κ3) is 5.89. The van der Waals surface area contributed by atoms with Crippen LogP contribution in [-0.4, -0.2) is 9.61 Å². The quantitative estimate of drug-likeness (QED) is 0.636. The van der Waals surface area contributed by atoms with Gasteiger partial charge in [-0.25, -0.2) is 4.52 Å². The summed E-state index contributed by atoms with van der Waals surface area (Å²) in [4.78, 5) is 0. The largest absolute Gasteiger partial charge is 0.241 e. The Morgan fingerprint density at radius 3 is 2.20 bits per heavy atom. The first-order valence-electron chi connectivity index (χ1n) is 4.85. The molecule has 0 spiro atoms. The average molecular weight is 206 g/mol. The third-order valence-electron chi connectivity index (χ3n) is 1.31. The molecule has 0 atom stereocenters. The van der Waals surface area contributed by atoms with Gasteiger partial charge < -0.3 is 0 Å². The molecule has 0 aromatic carbocycles. The van der Waals surface area contributed by atoms with Crippen LogP contribution in [-0.2, 0) is 0 Å². The highest BCUT2D eigenvalue weighted by molar-refractivity contribution is 5.44. The van der Waals surface area contributed by atoms with E-state index < -0.39 is 0 Å². The molecule has 0 bridgehead atoms. The molecule has 0 amide bonds. The van der Waals surface area contributed by atoms with Crippen molar-refractivity contribution in [2.24, 2.45) is 5.41 Å². The molecule has 84 valence electrons. The lowest BCUT2D eigenvalue weighted by atomic mass is 10.0. The lowest BCUT2D eigenvalue weighted by molar-refractivity contribution is 0.469. The standard InChI is InChI=1S/C7H6N2.C5H12.CH4/c1-2-6-9-7(3-1)4-5-8-9;1-5(2,3)4;/h1-6H;1-4H3;1H4. The Morgan fingerprint density at radius 2 is 1.67 bits per heavy atom. The second kappa shape index (κ2) is 5.54. The van der Waals surface area contributed by atoms with E-state index in [1.165, 1.54) is 0 Å². The first-order chi connectivity index (χ1) is 6.47. The number of rotatable bonds is 0. The highest BCUT2D eigenvalue weighted by Gasteiger charge is 1.95. The fourth-order valence-electron chi connectivity index (χ4n) is 0.866. The summed E-state index contributed by atoms with van der Waals surface area (Å²) < 4.78 is 1.83. The van der Waals surface area contributed by atoms with E-state index in [4.69, 9.17) is 0 Å². The zero-order chi connectivity index (χ0) is 10.6. The molecule has 15 heavy (non-hydrogen) atoms. The van der Waals surface area contributed by atoms with Gasteiger partial charge in [-0.2, -0.15) is 5.10 Å². The Balaban J connectivity index is 0.000000289. The summed E-state index contributed by atoms with van der Waals surface area (Å²) in [6.45, 7) is 8.75. The summed E-state index contributed by atoms with van der Waals surface area (Å²) in [5, 5.41) is 4.04. The lowest BCUT2D eigenvalue weighted by Gasteiger charge is -2.05. The monoisotopic (exact) mass is 206 g/mol. The second-order valence-corrected chi connectivity index (χ2v) is 4.90. The van der Waals surface area contributed by atoms with Crippen molar-refractivity contribution in [1.82, 2.24) is 9.61 Å². The minimum atomic E-state index is 0. The Labute approximate surface area is 92.9 Å². The number of pyridine rings is 1. The van der Waals surface area contributed by atoms with Crippen LogP contribution >= 0.6 is 0 Å². The maximum atomic E-state index is 4.04. The highest BCUT2D eigenvalue weighted by Crippen LogP contribution is 2.08. The van der Waals surface area contributed by atoms with Crippen molar-refractivity contribution in [1.29, 1.82) is 0 Å². The average Bonchev–Trinajstić information content (AvgIpc) is 2.47. The first kappa shape index (κ1) is 13.7. The molecule has 2 aromatic rings. The molecule has 0 unspecified atom stereocenters. The van der Waals surface area contributed by atoms with Gasteiger partial charge in [-0.15, -0.1) is 0 Å². The smallest absolute Gasteiger partial charge is 0.0661 e. The van der Waals surface area contributed by atoms with E-state index in [2.05, 4.69) is 32.8 Å².